The maximum Gasteiger partial charge on any atom is 0.416 e. The molecule has 3 aliphatic rings. The van der Waals surface area contributed by atoms with Crippen molar-refractivity contribution in [3.63, 3.8) is 0 Å². The minimum absolute atomic E-state index is 0.0142. The summed E-state index contributed by atoms with van der Waals surface area (Å²) in [5, 5.41) is 6.96. The van der Waals surface area contributed by atoms with E-state index in [9.17, 15) is 18.0 Å². The Bertz CT molecular complexity index is 949. The highest BCUT2D eigenvalue weighted by Crippen LogP contribution is 2.32. The molecule has 0 aromatic heterocycles. The van der Waals surface area contributed by atoms with Crippen molar-refractivity contribution in [2.45, 2.75) is 56.4 Å². The Morgan fingerprint density at radius 3 is 2.31 bits per heavy atom. The topological polar surface area (TPSA) is 118 Å². The highest BCUT2D eigenvalue weighted by Gasteiger charge is 2.38. The van der Waals surface area contributed by atoms with E-state index in [1.165, 1.54) is 36.9 Å². The van der Waals surface area contributed by atoms with Crippen LogP contribution < -0.4 is 22.1 Å². The van der Waals surface area contributed by atoms with E-state index in [1.54, 1.807) is 0 Å². The molecule has 3 atom stereocenters. The molecule has 0 spiro atoms. The number of carbonyl (C=O) groups excluding carboxylic acids is 1. The number of halogens is 3. The van der Waals surface area contributed by atoms with Crippen LogP contribution in [0.15, 0.2) is 46.0 Å². The predicted octanol–water partition coefficient (Wildman–Crippen LogP) is 2.40. The molecule has 1 amide bonds. The summed E-state index contributed by atoms with van der Waals surface area (Å²) in [6.45, 7) is 0.781. The molecule has 1 heterocycles. The number of carbonyl (C=O) groups is 1. The van der Waals surface area contributed by atoms with Gasteiger partial charge in [0.2, 0.25) is 0 Å². The minimum atomic E-state index is -4.44. The summed E-state index contributed by atoms with van der Waals surface area (Å²) in [4.78, 5) is 20.4. The Kier molecular flexibility index (Phi) is 6.23. The lowest BCUT2D eigenvalue weighted by Crippen LogP contribution is -2.47. The fourth-order valence-corrected chi connectivity index (χ4v) is 4.14. The smallest absolute Gasteiger partial charge is 0.387 e. The van der Waals surface area contributed by atoms with Crippen LogP contribution in [0.1, 0.15) is 37.7 Å². The van der Waals surface area contributed by atoms with Crippen molar-refractivity contribution in [1.82, 2.24) is 10.6 Å². The number of primary amides is 1. The number of hydrogen-bond donors (Lipinski definition) is 4. The van der Waals surface area contributed by atoms with Gasteiger partial charge in [0.15, 0.2) is 0 Å². The number of rotatable bonds is 8. The van der Waals surface area contributed by atoms with Crippen molar-refractivity contribution in [2.75, 3.05) is 6.54 Å². The average Bonchev–Trinajstić information content (AvgIpc) is 3.63. The number of nitrogens with two attached hydrogens (primary N) is 2. The second kappa shape index (κ2) is 8.93. The van der Waals surface area contributed by atoms with Gasteiger partial charge in [-0.25, -0.2) is 4.99 Å². The van der Waals surface area contributed by atoms with Gasteiger partial charge < -0.3 is 22.1 Å². The van der Waals surface area contributed by atoms with Crippen LogP contribution in [-0.4, -0.2) is 42.1 Å². The third kappa shape index (κ3) is 5.67. The Hall–Kier alpha value is -2.88. The van der Waals surface area contributed by atoms with Crippen molar-refractivity contribution in [2.24, 2.45) is 27.4 Å². The Balaban J connectivity index is 1.44. The van der Waals surface area contributed by atoms with E-state index in [0.29, 0.717) is 12.1 Å². The highest BCUT2D eigenvalue weighted by molar-refractivity contribution is 6.20. The Morgan fingerprint density at radius 2 is 1.75 bits per heavy atom. The number of amidine groups is 1. The van der Waals surface area contributed by atoms with E-state index in [-0.39, 0.29) is 29.1 Å². The molecule has 7 nitrogen and oxygen atoms in total. The molecule has 2 fully saturated rings. The molecule has 6 N–H and O–H groups in total. The van der Waals surface area contributed by atoms with Crippen LogP contribution in [0.5, 0.6) is 0 Å². The van der Waals surface area contributed by atoms with E-state index in [0.717, 1.165) is 37.9 Å². The second-order valence-electron chi connectivity index (χ2n) is 8.60. The van der Waals surface area contributed by atoms with Crippen molar-refractivity contribution < 1.29 is 18.0 Å². The normalized spacial score (nSPS) is 26.5. The van der Waals surface area contributed by atoms with Crippen molar-refractivity contribution in [1.29, 1.82) is 0 Å². The van der Waals surface area contributed by atoms with Crippen LogP contribution in [0.2, 0.25) is 0 Å². The first-order chi connectivity index (χ1) is 15.2. The molecule has 2 saturated carbocycles. The molecule has 4 rings (SSSR count). The van der Waals surface area contributed by atoms with Gasteiger partial charge in [-0.05, 0) is 56.4 Å². The SMILES string of the molecule is NC(=O)/C(=C/N[C@H]1CC[C@@H](NC2CC2)C[C@@H]1C1=NC1)C(N)=Nc1ccc(C(F)(F)F)cc1. The van der Waals surface area contributed by atoms with E-state index >= 15 is 0 Å². The number of aliphatic imine (C=N–C) groups is 2. The minimum Gasteiger partial charge on any atom is -0.387 e. The Labute approximate surface area is 184 Å². The molecule has 10 heteroatoms. The molecular formula is C22H27F3N6O. The summed E-state index contributed by atoms with van der Waals surface area (Å²) in [5.74, 6) is -0.650. The van der Waals surface area contributed by atoms with Gasteiger partial charge in [0, 0.05) is 36.0 Å². The van der Waals surface area contributed by atoms with Crippen LogP contribution >= 0.6 is 0 Å². The van der Waals surface area contributed by atoms with Gasteiger partial charge in [0.05, 0.1) is 23.4 Å². The van der Waals surface area contributed by atoms with Gasteiger partial charge in [0.25, 0.3) is 5.91 Å². The summed E-state index contributed by atoms with van der Waals surface area (Å²) in [6.07, 6.45) is 2.44. The second-order valence-corrected chi connectivity index (χ2v) is 8.60. The zero-order valence-corrected chi connectivity index (χ0v) is 17.5. The lowest BCUT2D eigenvalue weighted by molar-refractivity contribution is -0.137. The lowest BCUT2D eigenvalue weighted by Gasteiger charge is -2.35. The van der Waals surface area contributed by atoms with E-state index < -0.39 is 17.6 Å². The first kappa shape index (κ1) is 22.3. The first-order valence-electron chi connectivity index (χ1n) is 10.8. The number of amides is 1. The number of alkyl halides is 3. The molecule has 2 aliphatic carbocycles. The molecule has 172 valence electrons. The van der Waals surface area contributed by atoms with Crippen LogP contribution in [0.4, 0.5) is 18.9 Å². The molecule has 0 unspecified atom stereocenters. The largest absolute Gasteiger partial charge is 0.416 e. The third-order valence-corrected chi connectivity index (χ3v) is 6.10. The van der Waals surface area contributed by atoms with Gasteiger partial charge in [-0.2, -0.15) is 13.2 Å². The zero-order chi connectivity index (χ0) is 22.9. The lowest BCUT2D eigenvalue weighted by atomic mass is 9.80. The number of hydrogen-bond acceptors (Lipinski definition) is 5. The highest BCUT2D eigenvalue weighted by atomic mass is 19.4. The summed E-state index contributed by atoms with van der Waals surface area (Å²) < 4.78 is 38.2. The molecule has 32 heavy (non-hydrogen) atoms. The monoisotopic (exact) mass is 448 g/mol. The summed E-state index contributed by atoms with van der Waals surface area (Å²) in [6, 6.07) is 5.42. The molecule has 0 radical (unpaired) electrons. The van der Waals surface area contributed by atoms with Gasteiger partial charge in [-0.1, -0.05) is 0 Å². The first-order valence-corrected chi connectivity index (χ1v) is 10.8. The molecule has 0 saturated heterocycles. The fourth-order valence-electron chi connectivity index (χ4n) is 4.14. The molecular weight excluding hydrogens is 421 g/mol. The average molecular weight is 448 g/mol. The fraction of sp³-hybridized carbons (Fsp3) is 0.500. The van der Waals surface area contributed by atoms with Gasteiger partial charge in [-0.15, -0.1) is 0 Å². The molecule has 1 aromatic rings. The molecule has 1 aromatic carbocycles. The molecule has 1 aliphatic heterocycles. The number of benzene rings is 1. The summed E-state index contributed by atoms with van der Waals surface area (Å²) in [7, 11) is 0. The third-order valence-electron chi connectivity index (χ3n) is 6.10. The number of nitrogens with zero attached hydrogens (tertiary/aromatic N) is 2. The summed E-state index contributed by atoms with van der Waals surface area (Å²) in [5.41, 5.74) is 12.0. The van der Waals surface area contributed by atoms with Gasteiger partial charge >= 0.3 is 6.18 Å². The van der Waals surface area contributed by atoms with E-state index in [2.05, 4.69) is 20.6 Å². The zero-order valence-electron chi connectivity index (χ0n) is 17.5. The van der Waals surface area contributed by atoms with Gasteiger partial charge in [0.1, 0.15) is 5.84 Å². The molecule has 0 bridgehead atoms. The standard InChI is InChI=1S/C22H27F3N6O/c23-22(24,25)12-1-3-14(4-2-12)31-20(26)17(21(27)32)10-28-18-8-7-15(30-13-5-6-13)9-16(18)19-11-29-19/h1-4,10,13,15-16,18,28,30H,5-9,11H2,(H2,26,31)(H2,27,32)/b17-10+/t15-,16+,18+/m1/s1. The van der Waals surface area contributed by atoms with E-state index in [4.69, 9.17) is 11.5 Å². The van der Waals surface area contributed by atoms with Gasteiger partial charge in [-0.3, -0.25) is 9.79 Å². The Morgan fingerprint density at radius 1 is 1.09 bits per heavy atom. The van der Waals surface area contributed by atoms with Crippen molar-refractivity contribution >= 4 is 23.1 Å². The maximum absolute atomic E-state index is 12.7. The van der Waals surface area contributed by atoms with Crippen LogP contribution in [0.3, 0.4) is 0 Å². The van der Waals surface area contributed by atoms with Crippen molar-refractivity contribution in [3.05, 3.63) is 41.6 Å². The summed E-state index contributed by atoms with van der Waals surface area (Å²) >= 11 is 0. The maximum atomic E-state index is 12.7. The van der Waals surface area contributed by atoms with Crippen LogP contribution in [0.25, 0.3) is 0 Å². The van der Waals surface area contributed by atoms with Crippen molar-refractivity contribution in [3.8, 4) is 0 Å². The van der Waals surface area contributed by atoms with Crippen LogP contribution in [-0.2, 0) is 11.0 Å². The van der Waals surface area contributed by atoms with E-state index in [1.807, 2.05) is 0 Å². The number of nitrogens with one attached hydrogen (secondary N) is 2. The predicted molar refractivity (Wildman–Crippen MR) is 117 cm³/mol. The quantitative estimate of drug-likeness (QED) is 0.277. The van der Waals surface area contributed by atoms with Crippen LogP contribution in [0, 0.1) is 5.92 Å².